The number of aryl methyl sites for hydroxylation is 1. The second-order valence-electron chi connectivity index (χ2n) is 6.91. The van der Waals surface area contributed by atoms with Gasteiger partial charge < -0.3 is 19.9 Å². The number of carbonyl (C=O) groups is 2. The van der Waals surface area contributed by atoms with Crippen molar-refractivity contribution >= 4 is 23.6 Å². The van der Waals surface area contributed by atoms with E-state index in [0.29, 0.717) is 11.4 Å². The van der Waals surface area contributed by atoms with E-state index in [1.165, 1.54) is 30.9 Å². The van der Waals surface area contributed by atoms with Crippen molar-refractivity contribution in [3.05, 3.63) is 59.7 Å². The minimum atomic E-state index is -1.12. The summed E-state index contributed by atoms with van der Waals surface area (Å²) >= 11 is 0. The van der Waals surface area contributed by atoms with Gasteiger partial charge in [0.15, 0.2) is 11.5 Å². The third-order valence-electron chi connectivity index (χ3n) is 4.64. The Morgan fingerprint density at radius 3 is 2.69 bits per heavy atom. The highest BCUT2D eigenvalue weighted by Crippen LogP contribution is 2.38. The molecular formula is C23H25NO5. The molecule has 152 valence electrons. The Morgan fingerprint density at radius 1 is 1.17 bits per heavy atom. The number of unbranched alkanes of at least 4 members (excludes halogenated alkanes) is 2. The van der Waals surface area contributed by atoms with Gasteiger partial charge in [0.1, 0.15) is 6.61 Å². The fourth-order valence-corrected chi connectivity index (χ4v) is 3.03. The lowest BCUT2D eigenvalue weighted by Crippen LogP contribution is -2.36. The molecule has 0 aliphatic carbocycles. The van der Waals surface area contributed by atoms with Crippen LogP contribution in [-0.4, -0.2) is 29.7 Å². The van der Waals surface area contributed by atoms with Crippen LogP contribution < -0.4 is 14.8 Å². The number of rotatable bonds is 8. The number of hydrogen-bond donors (Lipinski definition) is 2. The number of aliphatic carboxylic acids is 1. The van der Waals surface area contributed by atoms with Crippen LogP contribution in [0.15, 0.2) is 48.5 Å². The molecule has 0 fully saturated rings. The van der Waals surface area contributed by atoms with Crippen molar-refractivity contribution in [3.8, 4) is 11.5 Å². The van der Waals surface area contributed by atoms with Crippen molar-refractivity contribution in [1.29, 1.82) is 0 Å². The number of amides is 1. The van der Waals surface area contributed by atoms with Gasteiger partial charge in [0.25, 0.3) is 0 Å². The fourth-order valence-electron chi connectivity index (χ4n) is 3.03. The monoisotopic (exact) mass is 395 g/mol. The van der Waals surface area contributed by atoms with E-state index < -0.39 is 12.1 Å². The Labute approximate surface area is 170 Å². The van der Waals surface area contributed by atoms with Crippen LogP contribution in [0.2, 0.25) is 0 Å². The summed E-state index contributed by atoms with van der Waals surface area (Å²) in [5, 5.41) is 11.8. The minimum Gasteiger partial charge on any atom is -0.485 e. The van der Waals surface area contributed by atoms with Gasteiger partial charge >= 0.3 is 5.97 Å². The van der Waals surface area contributed by atoms with Gasteiger partial charge in [-0.25, -0.2) is 4.79 Å². The van der Waals surface area contributed by atoms with E-state index in [2.05, 4.69) is 24.4 Å². The Bertz CT molecular complexity index is 889. The normalized spacial score (nSPS) is 15.3. The zero-order valence-electron chi connectivity index (χ0n) is 16.4. The van der Waals surface area contributed by atoms with Crippen LogP contribution in [0.4, 0.5) is 5.69 Å². The van der Waals surface area contributed by atoms with Gasteiger partial charge in [-0.1, -0.05) is 50.1 Å². The summed E-state index contributed by atoms with van der Waals surface area (Å²) in [5.74, 6) is -0.825. The number of carboxylic acid groups (broad SMARTS) is 1. The molecule has 0 saturated carbocycles. The Kier molecular flexibility index (Phi) is 6.89. The summed E-state index contributed by atoms with van der Waals surface area (Å²) in [7, 11) is 0. The number of nitrogens with one attached hydrogen (secondary N) is 1. The number of benzene rings is 2. The first-order chi connectivity index (χ1) is 14.1. The molecule has 1 aliphatic rings. The molecule has 2 N–H and O–H groups in total. The first-order valence-corrected chi connectivity index (χ1v) is 9.80. The molecule has 0 bridgehead atoms. The summed E-state index contributed by atoms with van der Waals surface area (Å²) in [6, 6.07) is 13.2. The summed E-state index contributed by atoms with van der Waals surface area (Å²) in [6.07, 6.45) is 6.75. The first kappa shape index (κ1) is 20.5. The smallest absolute Gasteiger partial charge is 0.348 e. The van der Waals surface area contributed by atoms with Gasteiger partial charge in [0, 0.05) is 6.08 Å². The Hall–Kier alpha value is -3.28. The van der Waals surface area contributed by atoms with Crippen LogP contribution >= 0.6 is 0 Å². The third kappa shape index (κ3) is 5.60. The minimum absolute atomic E-state index is 0.0753. The fraction of sp³-hybridized carbons (Fsp3) is 0.304. The van der Waals surface area contributed by atoms with Crippen molar-refractivity contribution < 1.29 is 24.2 Å². The molecule has 1 aliphatic heterocycles. The van der Waals surface area contributed by atoms with Crippen LogP contribution in [0, 0.1) is 0 Å². The van der Waals surface area contributed by atoms with Crippen molar-refractivity contribution in [3.63, 3.8) is 0 Å². The van der Waals surface area contributed by atoms with Crippen LogP contribution in [0.25, 0.3) is 6.08 Å². The Balaban J connectivity index is 1.62. The van der Waals surface area contributed by atoms with Crippen molar-refractivity contribution in [2.24, 2.45) is 0 Å². The molecule has 1 unspecified atom stereocenters. The van der Waals surface area contributed by atoms with E-state index in [1.54, 1.807) is 24.3 Å². The third-order valence-corrected chi connectivity index (χ3v) is 4.64. The summed E-state index contributed by atoms with van der Waals surface area (Å²) < 4.78 is 10.9. The molecule has 1 atom stereocenters. The first-order valence-electron chi connectivity index (χ1n) is 9.80. The average molecular weight is 395 g/mol. The number of carboxylic acids is 1. The van der Waals surface area contributed by atoms with Crippen LogP contribution in [-0.2, 0) is 16.0 Å². The molecule has 1 amide bonds. The van der Waals surface area contributed by atoms with Crippen LogP contribution in [0.5, 0.6) is 11.5 Å². The van der Waals surface area contributed by atoms with E-state index >= 15 is 0 Å². The number of fused-ring (bicyclic) bond motifs is 1. The lowest BCUT2D eigenvalue weighted by Gasteiger charge is -2.25. The molecule has 2 aromatic rings. The van der Waals surface area contributed by atoms with E-state index in [0.717, 1.165) is 12.0 Å². The molecule has 0 aromatic heterocycles. The second-order valence-corrected chi connectivity index (χ2v) is 6.91. The van der Waals surface area contributed by atoms with Gasteiger partial charge in [0.05, 0.1) is 5.69 Å². The summed E-state index contributed by atoms with van der Waals surface area (Å²) in [4.78, 5) is 23.5. The lowest BCUT2D eigenvalue weighted by atomic mass is 10.1. The largest absolute Gasteiger partial charge is 0.485 e. The molecule has 3 rings (SSSR count). The summed E-state index contributed by atoms with van der Waals surface area (Å²) in [6.45, 7) is 2.11. The number of anilines is 1. The van der Waals surface area contributed by atoms with E-state index in [1.807, 2.05) is 12.1 Å². The van der Waals surface area contributed by atoms with Crippen molar-refractivity contribution in [1.82, 2.24) is 0 Å². The Morgan fingerprint density at radius 2 is 1.97 bits per heavy atom. The maximum atomic E-state index is 12.3. The quantitative estimate of drug-likeness (QED) is 0.514. The molecule has 1 heterocycles. The van der Waals surface area contributed by atoms with Crippen LogP contribution in [0.3, 0.4) is 0 Å². The zero-order valence-corrected chi connectivity index (χ0v) is 16.4. The molecule has 0 radical (unpaired) electrons. The van der Waals surface area contributed by atoms with Crippen molar-refractivity contribution in [2.75, 3.05) is 11.9 Å². The molecule has 0 spiro atoms. The maximum absolute atomic E-state index is 12.3. The topological polar surface area (TPSA) is 84.9 Å². The van der Waals surface area contributed by atoms with Crippen LogP contribution in [0.1, 0.15) is 37.3 Å². The van der Waals surface area contributed by atoms with E-state index in [4.69, 9.17) is 14.6 Å². The molecule has 29 heavy (non-hydrogen) atoms. The highest BCUT2D eigenvalue weighted by Gasteiger charge is 2.29. The molecular weight excluding hydrogens is 370 g/mol. The molecule has 0 saturated heterocycles. The standard InChI is InChI=1S/C23H25NO5/c1-2-3-4-6-16-9-11-17(12-10-16)13-14-21(25)24-18-7-5-8-19-22(18)29-20(15-28-19)23(26)27/h5,7-14,20H,2-4,6,15H2,1H3,(H,24,25)(H,26,27)/b14-13+. The summed E-state index contributed by atoms with van der Waals surface area (Å²) in [5.41, 5.74) is 2.59. The number of ether oxygens (including phenoxy) is 2. The lowest BCUT2D eigenvalue weighted by molar-refractivity contribution is -0.147. The van der Waals surface area contributed by atoms with Gasteiger partial charge in [-0.05, 0) is 42.2 Å². The highest BCUT2D eigenvalue weighted by molar-refractivity contribution is 6.03. The predicted octanol–water partition coefficient (Wildman–Crippen LogP) is 4.30. The number of para-hydroxylation sites is 1. The zero-order chi connectivity index (χ0) is 20.6. The van der Waals surface area contributed by atoms with E-state index in [-0.39, 0.29) is 18.3 Å². The van der Waals surface area contributed by atoms with E-state index in [9.17, 15) is 9.59 Å². The molecule has 2 aromatic carbocycles. The van der Waals surface area contributed by atoms with Gasteiger partial charge in [-0.3, -0.25) is 4.79 Å². The SMILES string of the molecule is CCCCCc1ccc(/C=C/C(=O)Nc2cccc3c2OC(C(=O)O)CO3)cc1. The average Bonchev–Trinajstić information content (AvgIpc) is 2.73. The van der Waals surface area contributed by atoms with Gasteiger partial charge in [-0.2, -0.15) is 0 Å². The molecule has 6 nitrogen and oxygen atoms in total. The predicted molar refractivity (Wildman–Crippen MR) is 111 cm³/mol. The van der Waals surface area contributed by atoms with Gasteiger partial charge in [-0.15, -0.1) is 0 Å². The van der Waals surface area contributed by atoms with Crippen molar-refractivity contribution in [2.45, 2.75) is 38.7 Å². The maximum Gasteiger partial charge on any atom is 0.348 e. The van der Waals surface area contributed by atoms with Gasteiger partial charge in [0.2, 0.25) is 12.0 Å². The second kappa shape index (κ2) is 9.78. The number of carbonyl (C=O) groups excluding carboxylic acids is 1. The highest BCUT2D eigenvalue weighted by atomic mass is 16.6. The number of hydrogen-bond acceptors (Lipinski definition) is 4. The molecule has 6 heteroatoms.